The Labute approximate surface area is 117 Å². The molecule has 20 heavy (non-hydrogen) atoms. The maximum Gasteiger partial charge on any atom is 0.186 e. The van der Waals surface area contributed by atoms with E-state index in [1.54, 1.807) is 13.8 Å². The maximum absolute atomic E-state index is 9.69. The van der Waals surface area contributed by atoms with Gasteiger partial charge in [0.15, 0.2) is 12.6 Å². The van der Waals surface area contributed by atoms with E-state index < -0.39 is 43.6 Å². The third-order valence-electron chi connectivity index (χ3n) is 3.07. The molecular formula is C12H24O8. The minimum Gasteiger partial charge on any atom is -0.394 e. The van der Waals surface area contributed by atoms with Crippen LogP contribution in [0.3, 0.4) is 0 Å². The molecular weight excluding hydrogens is 272 g/mol. The van der Waals surface area contributed by atoms with Crippen molar-refractivity contribution in [3.05, 3.63) is 0 Å². The normalized spacial score (nSPS) is 36.3. The van der Waals surface area contributed by atoms with Gasteiger partial charge in [-0.2, -0.15) is 0 Å². The lowest BCUT2D eigenvalue weighted by molar-refractivity contribution is -0.304. The topological polar surface area (TPSA) is 129 Å². The summed E-state index contributed by atoms with van der Waals surface area (Å²) in [5.74, 6) is -0.0535. The van der Waals surface area contributed by atoms with Gasteiger partial charge in [0.05, 0.1) is 19.8 Å². The van der Waals surface area contributed by atoms with Crippen LogP contribution in [0, 0.1) is 5.92 Å². The van der Waals surface area contributed by atoms with Gasteiger partial charge in [-0.15, -0.1) is 0 Å². The molecule has 1 fully saturated rings. The van der Waals surface area contributed by atoms with E-state index in [1.807, 2.05) is 0 Å². The van der Waals surface area contributed by atoms with Gasteiger partial charge in [-0.1, -0.05) is 13.8 Å². The average Bonchev–Trinajstić information content (AvgIpc) is 2.42. The van der Waals surface area contributed by atoms with E-state index in [4.69, 9.17) is 19.3 Å². The second kappa shape index (κ2) is 8.20. The largest absolute Gasteiger partial charge is 0.394 e. The zero-order chi connectivity index (χ0) is 15.3. The second-order valence-corrected chi connectivity index (χ2v) is 5.07. The van der Waals surface area contributed by atoms with Crippen molar-refractivity contribution in [2.24, 2.45) is 5.92 Å². The van der Waals surface area contributed by atoms with E-state index in [-0.39, 0.29) is 19.1 Å². The fourth-order valence-electron chi connectivity index (χ4n) is 1.73. The van der Waals surface area contributed by atoms with Crippen molar-refractivity contribution in [3.63, 3.8) is 0 Å². The predicted molar refractivity (Wildman–Crippen MR) is 66.5 cm³/mol. The molecule has 0 saturated carbocycles. The quantitative estimate of drug-likeness (QED) is 0.264. The zero-order valence-electron chi connectivity index (χ0n) is 11.6. The van der Waals surface area contributed by atoms with Crippen molar-refractivity contribution in [2.75, 3.05) is 19.8 Å². The summed E-state index contributed by atoms with van der Waals surface area (Å²) < 4.78 is 15.4. The number of hydrogen-bond acceptors (Lipinski definition) is 8. The Hall–Kier alpha value is -0.320. The fourth-order valence-corrected chi connectivity index (χ4v) is 1.73. The fraction of sp³-hybridized carbons (Fsp3) is 1.00. The number of aliphatic hydroxyl groups is 5. The molecule has 3 unspecified atom stereocenters. The Bertz CT molecular complexity index is 272. The zero-order valence-corrected chi connectivity index (χ0v) is 11.6. The van der Waals surface area contributed by atoms with Crippen LogP contribution in [0.15, 0.2) is 0 Å². The molecule has 6 atom stereocenters. The molecule has 1 heterocycles. The summed E-state index contributed by atoms with van der Waals surface area (Å²) in [6.07, 6.45) is -7.39. The van der Waals surface area contributed by atoms with Crippen LogP contribution < -0.4 is 0 Å². The van der Waals surface area contributed by atoms with Crippen molar-refractivity contribution < 1.29 is 39.7 Å². The van der Waals surface area contributed by atoms with Gasteiger partial charge in [-0.05, 0) is 0 Å². The lowest BCUT2D eigenvalue weighted by atomic mass is 9.99. The number of ether oxygens (including phenoxy) is 3. The van der Waals surface area contributed by atoms with E-state index in [2.05, 4.69) is 0 Å². The van der Waals surface area contributed by atoms with E-state index in [9.17, 15) is 20.4 Å². The summed E-state index contributed by atoms with van der Waals surface area (Å²) in [5.41, 5.74) is 0. The smallest absolute Gasteiger partial charge is 0.186 e. The average molecular weight is 296 g/mol. The van der Waals surface area contributed by atoms with Gasteiger partial charge in [-0.3, -0.25) is 0 Å². The SMILES string of the molecule is CC(C)C(O)OCCO[C@@H]1OC(CO)[C@@H](O)[C@@H](O)C1O. The standard InChI is InChI=1S/C12H24O8/c1-6(2)11(17)18-3-4-19-12-10(16)9(15)8(14)7(5-13)20-12/h6-17H,3-5H2,1-2H3/t7?,8-,9-,10?,11?,12-/m1/s1. The molecule has 120 valence electrons. The third-order valence-corrected chi connectivity index (χ3v) is 3.07. The summed E-state index contributed by atoms with van der Waals surface area (Å²) in [7, 11) is 0. The van der Waals surface area contributed by atoms with E-state index in [0.717, 1.165) is 0 Å². The van der Waals surface area contributed by atoms with Crippen LogP contribution in [0.4, 0.5) is 0 Å². The molecule has 0 amide bonds. The Balaban J connectivity index is 2.35. The van der Waals surface area contributed by atoms with Crippen LogP contribution in [0.5, 0.6) is 0 Å². The first-order chi connectivity index (χ1) is 9.38. The monoisotopic (exact) mass is 296 g/mol. The molecule has 1 saturated heterocycles. The lowest BCUT2D eigenvalue weighted by Gasteiger charge is -2.39. The highest BCUT2D eigenvalue weighted by molar-refractivity contribution is 4.88. The van der Waals surface area contributed by atoms with Gasteiger partial charge in [-0.25, -0.2) is 0 Å². The molecule has 0 bridgehead atoms. The first-order valence-electron chi connectivity index (χ1n) is 6.60. The van der Waals surface area contributed by atoms with Gasteiger partial charge in [0.1, 0.15) is 24.4 Å². The summed E-state index contributed by atoms with van der Waals surface area (Å²) in [6, 6.07) is 0. The highest BCUT2D eigenvalue weighted by atomic mass is 16.7. The molecule has 0 spiro atoms. The van der Waals surface area contributed by atoms with E-state index in [1.165, 1.54) is 0 Å². The molecule has 0 aromatic heterocycles. The van der Waals surface area contributed by atoms with Crippen LogP contribution in [-0.2, 0) is 14.2 Å². The molecule has 0 aliphatic carbocycles. The second-order valence-electron chi connectivity index (χ2n) is 5.07. The van der Waals surface area contributed by atoms with E-state index in [0.29, 0.717) is 0 Å². The first-order valence-corrected chi connectivity index (χ1v) is 6.60. The van der Waals surface area contributed by atoms with Gasteiger partial charge < -0.3 is 39.7 Å². The summed E-state index contributed by atoms with van der Waals surface area (Å²) in [5, 5.41) is 47.2. The van der Waals surface area contributed by atoms with Crippen molar-refractivity contribution in [3.8, 4) is 0 Å². The summed E-state index contributed by atoms with van der Waals surface area (Å²) in [6.45, 7) is 3.18. The van der Waals surface area contributed by atoms with Crippen LogP contribution in [0.25, 0.3) is 0 Å². The Morgan fingerprint density at radius 1 is 1.05 bits per heavy atom. The Morgan fingerprint density at radius 3 is 2.25 bits per heavy atom. The van der Waals surface area contributed by atoms with Gasteiger partial charge in [0.2, 0.25) is 0 Å². The van der Waals surface area contributed by atoms with E-state index >= 15 is 0 Å². The molecule has 8 nitrogen and oxygen atoms in total. The molecule has 5 N–H and O–H groups in total. The number of aliphatic hydroxyl groups excluding tert-OH is 5. The Morgan fingerprint density at radius 2 is 1.70 bits per heavy atom. The van der Waals surface area contributed by atoms with Crippen molar-refractivity contribution in [1.82, 2.24) is 0 Å². The van der Waals surface area contributed by atoms with Gasteiger partial charge >= 0.3 is 0 Å². The highest BCUT2D eigenvalue weighted by Gasteiger charge is 2.43. The predicted octanol–water partition coefficient (Wildman–Crippen LogP) is -2.21. The van der Waals surface area contributed by atoms with Crippen LogP contribution in [-0.4, -0.2) is 82.3 Å². The van der Waals surface area contributed by atoms with Gasteiger partial charge in [0, 0.05) is 5.92 Å². The van der Waals surface area contributed by atoms with Crippen LogP contribution in [0.2, 0.25) is 0 Å². The minimum absolute atomic E-state index is 0.0203. The highest BCUT2D eigenvalue weighted by Crippen LogP contribution is 2.21. The Kier molecular flexibility index (Phi) is 7.27. The van der Waals surface area contributed by atoms with Crippen molar-refractivity contribution in [2.45, 2.75) is 50.8 Å². The molecule has 1 aliphatic heterocycles. The van der Waals surface area contributed by atoms with Crippen LogP contribution >= 0.6 is 0 Å². The number of rotatable bonds is 7. The maximum atomic E-state index is 9.69. The molecule has 1 rings (SSSR count). The minimum atomic E-state index is -1.46. The van der Waals surface area contributed by atoms with Crippen LogP contribution in [0.1, 0.15) is 13.8 Å². The van der Waals surface area contributed by atoms with Crippen molar-refractivity contribution >= 4 is 0 Å². The molecule has 1 aliphatic rings. The van der Waals surface area contributed by atoms with Crippen molar-refractivity contribution in [1.29, 1.82) is 0 Å². The molecule has 8 heteroatoms. The first kappa shape index (κ1) is 17.7. The lowest BCUT2D eigenvalue weighted by Crippen LogP contribution is -2.59. The van der Waals surface area contributed by atoms with Gasteiger partial charge in [0.25, 0.3) is 0 Å². The summed E-state index contributed by atoms with van der Waals surface area (Å²) in [4.78, 5) is 0. The molecule has 0 radical (unpaired) electrons. The molecule has 0 aromatic carbocycles. The third kappa shape index (κ3) is 4.61. The number of hydrogen-bond donors (Lipinski definition) is 5. The molecule has 0 aromatic rings. The summed E-state index contributed by atoms with van der Waals surface area (Å²) >= 11 is 0.